The minimum absolute atomic E-state index is 0.0579. The average molecular weight is 346 g/mol. The maximum atomic E-state index is 12.2. The molecular weight excluding hydrogens is 320 g/mol. The van der Waals surface area contributed by atoms with Gasteiger partial charge in [0.1, 0.15) is 0 Å². The first-order chi connectivity index (χ1) is 11.8. The molecule has 0 fully saturated rings. The van der Waals surface area contributed by atoms with Crippen molar-refractivity contribution in [3.8, 4) is 11.5 Å². The quantitative estimate of drug-likeness (QED) is 0.744. The number of urea groups is 1. The van der Waals surface area contributed by atoms with Crippen molar-refractivity contribution in [3.63, 3.8) is 0 Å². The number of carbonyl (C=O) groups is 1. The molecule has 0 aliphatic carbocycles. The van der Waals surface area contributed by atoms with Crippen LogP contribution in [0.25, 0.3) is 0 Å². The summed E-state index contributed by atoms with van der Waals surface area (Å²) in [6.07, 6.45) is 0.0579. The third-order valence-corrected chi connectivity index (χ3v) is 3.76. The van der Waals surface area contributed by atoms with Gasteiger partial charge in [-0.2, -0.15) is 5.10 Å². The number of methoxy groups -OCH3 is 1. The summed E-state index contributed by atoms with van der Waals surface area (Å²) >= 11 is 0. The lowest BCUT2D eigenvalue weighted by Crippen LogP contribution is -2.31. The third kappa shape index (κ3) is 4.65. The Morgan fingerprint density at radius 3 is 2.48 bits per heavy atom. The van der Waals surface area contributed by atoms with Crippen molar-refractivity contribution in [2.75, 3.05) is 12.4 Å². The number of amides is 2. The predicted molar refractivity (Wildman–Crippen MR) is 97.4 cm³/mol. The van der Waals surface area contributed by atoms with E-state index in [0.717, 1.165) is 17.0 Å². The van der Waals surface area contributed by atoms with Crippen LogP contribution >= 0.6 is 0 Å². The number of hydrogen-bond donors (Lipinski definition) is 3. The van der Waals surface area contributed by atoms with Gasteiger partial charge in [-0.1, -0.05) is 6.07 Å². The number of rotatable bonds is 6. The van der Waals surface area contributed by atoms with E-state index in [1.54, 1.807) is 7.11 Å². The molecular formula is C18H26N4O3. The van der Waals surface area contributed by atoms with Gasteiger partial charge in [-0.15, -0.1) is 0 Å². The molecule has 1 aromatic carbocycles. The fourth-order valence-electron chi connectivity index (χ4n) is 2.47. The van der Waals surface area contributed by atoms with E-state index < -0.39 is 0 Å². The molecule has 0 spiro atoms. The highest BCUT2D eigenvalue weighted by Crippen LogP contribution is 2.31. The van der Waals surface area contributed by atoms with Crippen LogP contribution in [0.5, 0.6) is 11.5 Å². The van der Waals surface area contributed by atoms with Crippen molar-refractivity contribution in [2.24, 2.45) is 0 Å². The number of anilines is 1. The van der Waals surface area contributed by atoms with Crippen LogP contribution in [0.15, 0.2) is 18.2 Å². The molecule has 7 nitrogen and oxygen atoms in total. The van der Waals surface area contributed by atoms with Gasteiger partial charge in [-0.05, 0) is 52.3 Å². The Hall–Kier alpha value is -2.70. The van der Waals surface area contributed by atoms with E-state index in [2.05, 4.69) is 20.8 Å². The number of ether oxygens (including phenoxy) is 2. The van der Waals surface area contributed by atoms with E-state index in [1.165, 1.54) is 0 Å². The van der Waals surface area contributed by atoms with Gasteiger partial charge in [0.25, 0.3) is 0 Å². The summed E-state index contributed by atoms with van der Waals surface area (Å²) in [5.74, 6) is 1.32. The normalized spacial score (nSPS) is 12.0. The second kappa shape index (κ2) is 7.92. The second-order valence-corrected chi connectivity index (χ2v) is 6.21. The number of benzene rings is 1. The first-order valence-corrected chi connectivity index (χ1v) is 8.25. The molecule has 0 saturated heterocycles. The van der Waals surface area contributed by atoms with Crippen molar-refractivity contribution < 1.29 is 14.3 Å². The number of aromatic nitrogens is 2. The van der Waals surface area contributed by atoms with Gasteiger partial charge in [0.15, 0.2) is 11.5 Å². The van der Waals surface area contributed by atoms with Gasteiger partial charge in [0.2, 0.25) is 0 Å². The number of H-pyrrole nitrogens is 1. The zero-order valence-electron chi connectivity index (χ0n) is 15.6. The van der Waals surface area contributed by atoms with Crippen LogP contribution in [-0.2, 0) is 0 Å². The number of hydrogen-bond acceptors (Lipinski definition) is 4. The van der Waals surface area contributed by atoms with Gasteiger partial charge in [0, 0.05) is 0 Å². The molecule has 0 bridgehead atoms. The van der Waals surface area contributed by atoms with Crippen molar-refractivity contribution >= 4 is 11.7 Å². The minimum Gasteiger partial charge on any atom is -0.493 e. The highest BCUT2D eigenvalue weighted by Gasteiger charge is 2.15. The van der Waals surface area contributed by atoms with E-state index >= 15 is 0 Å². The molecule has 2 rings (SSSR count). The molecule has 3 N–H and O–H groups in total. The van der Waals surface area contributed by atoms with Crippen LogP contribution in [0, 0.1) is 13.8 Å². The summed E-state index contributed by atoms with van der Waals surface area (Å²) in [5, 5.41) is 12.6. The van der Waals surface area contributed by atoms with Gasteiger partial charge < -0.3 is 20.1 Å². The summed E-state index contributed by atoms with van der Waals surface area (Å²) in [6, 6.07) is 5.15. The Morgan fingerprint density at radius 2 is 1.92 bits per heavy atom. The standard InChI is InChI=1S/C18H26N4O3/c1-10(2)25-15-8-7-14(9-16(15)24-6)11(3)19-18(23)20-17-12(4)21-22-13(17)5/h7-11H,1-6H3,(H,21,22)(H2,19,20,23). The molecule has 2 aromatic rings. The van der Waals surface area contributed by atoms with Crippen LogP contribution in [-0.4, -0.2) is 29.4 Å². The maximum absolute atomic E-state index is 12.2. The van der Waals surface area contributed by atoms with E-state index in [9.17, 15) is 4.79 Å². The first kappa shape index (κ1) is 18.6. The van der Waals surface area contributed by atoms with Crippen LogP contribution < -0.4 is 20.1 Å². The molecule has 25 heavy (non-hydrogen) atoms. The van der Waals surface area contributed by atoms with Crippen molar-refractivity contribution in [3.05, 3.63) is 35.2 Å². The van der Waals surface area contributed by atoms with Gasteiger partial charge in [-0.25, -0.2) is 4.79 Å². The smallest absolute Gasteiger partial charge is 0.319 e. The van der Waals surface area contributed by atoms with Crippen molar-refractivity contribution in [2.45, 2.75) is 46.8 Å². The van der Waals surface area contributed by atoms with Crippen LogP contribution in [0.2, 0.25) is 0 Å². The molecule has 0 radical (unpaired) electrons. The maximum Gasteiger partial charge on any atom is 0.319 e. The number of nitrogens with zero attached hydrogens (tertiary/aromatic N) is 1. The largest absolute Gasteiger partial charge is 0.493 e. The molecule has 1 aromatic heterocycles. The second-order valence-electron chi connectivity index (χ2n) is 6.21. The molecule has 7 heteroatoms. The zero-order valence-corrected chi connectivity index (χ0v) is 15.6. The third-order valence-electron chi connectivity index (χ3n) is 3.76. The Bertz CT molecular complexity index is 720. The number of aromatic amines is 1. The van der Waals surface area contributed by atoms with Gasteiger partial charge >= 0.3 is 6.03 Å². The minimum atomic E-state index is -0.290. The van der Waals surface area contributed by atoms with Gasteiger partial charge in [0.05, 0.1) is 36.3 Å². The highest BCUT2D eigenvalue weighted by molar-refractivity contribution is 5.90. The summed E-state index contributed by atoms with van der Waals surface area (Å²) in [7, 11) is 1.60. The highest BCUT2D eigenvalue weighted by atomic mass is 16.5. The van der Waals surface area contributed by atoms with E-state index in [0.29, 0.717) is 17.2 Å². The summed E-state index contributed by atoms with van der Waals surface area (Å²) in [5.41, 5.74) is 3.18. The van der Waals surface area contributed by atoms with E-state index in [-0.39, 0.29) is 18.2 Å². The van der Waals surface area contributed by atoms with Crippen molar-refractivity contribution in [1.29, 1.82) is 0 Å². The summed E-state index contributed by atoms with van der Waals surface area (Å²) in [6.45, 7) is 9.52. The predicted octanol–water partition coefficient (Wildman–Crippen LogP) is 3.71. The molecule has 0 saturated carbocycles. The van der Waals surface area contributed by atoms with Crippen LogP contribution in [0.3, 0.4) is 0 Å². The molecule has 1 unspecified atom stereocenters. The van der Waals surface area contributed by atoms with E-state index in [1.807, 2.05) is 52.8 Å². The number of aryl methyl sites for hydroxylation is 2. The fraction of sp³-hybridized carbons (Fsp3) is 0.444. The number of carbonyl (C=O) groups excluding carboxylic acids is 1. The van der Waals surface area contributed by atoms with Crippen LogP contribution in [0.4, 0.5) is 10.5 Å². The molecule has 0 aliphatic rings. The average Bonchev–Trinajstić information content (AvgIpc) is 2.86. The molecule has 1 heterocycles. The lowest BCUT2D eigenvalue weighted by Gasteiger charge is -2.18. The fourth-order valence-corrected chi connectivity index (χ4v) is 2.47. The lowest BCUT2D eigenvalue weighted by atomic mass is 10.1. The SMILES string of the molecule is COc1cc(C(C)NC(=O)Nc2c(C)n[nH]c2C)ccc1OC(C)C. The molecule has 2 amide bonds. The van der Waals surface area contributed by atoms with E-state index in [4.69, 9.17) is 9.47 Å². The number of nitrogens with one attached hydrogen (secondary N) is 3. The van der Waals surface area contributed by atoms with Gasteiger partial charge in [-0.3, -0.25) is 5.10 Å². The molecule has 136 valence electrons. The topological polar surface area (TPSA) is 88.3 Å². The first-order valence-electron chi connectivity index (χ1n) is 8.25. The zero-order chi connectivity index (χ0) is 18.6. The Labute approximate surface area is 148 Å². The molecule has 1 atom stereocenters. The Morgan fingerprint density at radius 1 is 1.20 bits per heavy atom. The monoisotopic (exact) mass is 346 g/mol. The van der Waals surface area contributed by atoms with Crippen LogP contribution in [0.1, 0.15) is 43.8 Å². The summed E-state index contributed by atoms with van der Waals surface area (Å²) in [4.78, 5) is 12.2. The summed E-state index contributed by atoms with van der Waals surface area (Å²) < 4.78 is 11.1. The lowest BCUT2D eigenvalue weighted by molar-refractivity contribution is 0.230. The Balaban J connectivity index is 2.07. The van der Waals surface area contributed by atoms with Crippen molar-refractivity contribution in [1.82, 2.24) is 15.5 Å². The molecule has 0 aliphatic heterocycles. The Kier molecular flexibility index (Phi) is 5.90.